The molecular weight excluding hydrogens is 322 g/mol. The van der Waals surface area contributed by atoms with Gasteiger partial charge in [-0.05, 0) is 29.8 Å². The Morgan fingerprint density at radius 1 is 1.36 bits per heavy atom. The molecule has 1 aromatic carbocycles. The minimum Gasteiger partial charge on any atom is -0.504 e. The van der Waals surface area contributed by atoms with Crippen molar-refractivity contribution in [2.45, 2.75) is 12.8 Å². The number of hydrogen-bond acceptors (Lipinski definition) is 4. The largest absolute Gasteiger partial charge is 0.504 e. The molecule has 128 valence electrons. The van der Waals surface area contributed by atoms with Crippen molar-refractivity contribution in [2.75, 3.05) is 7.11 Å². The monoisotopic (exact) mass is 339 g/mol. The molecule has 0 saturated heterocycles. The van der Waals surface area contributed by atoms with Crippen molar-refractivity contribution in [2.24, 2.45) is 0 Å². The van der Waals surface area contributed by atoms with Gasteiger partial charge in [0.05, 0.1) is 12.7 Å². The smallest absolute Gasteiger partial charge is 0.332 e. The summed E-state index contributed by atoms with van der Waals surface area (Å²) in [5, 5.41) is 21.3. The number of hydrogen-bond donors (Lipinski definition) is 3. The van der Waals surface area contributed by atoms with Crippen molar-refractivity contribution in [3.8, 4) is 23.3 Å². The van der Waals surface area contributed by atoms with Crippen LogP contribution in [0.15, 0.2) is 47.7 Å². The molecule has 0 spiro atoms. The summed E-state index contributed by atoms with van der Waals surface area (Å²) in [5.74, 6) is 4.30. The lowest BCUT2D eigenvalue weighted by atomic mass is 10.1. The Balaban J connectivity index is 2.05. The molecule has 2 rings (SSSR count). The third-order valence-electron chi connectivity index (χ3n) is 3.37. The predicted octanol–water partition coefficient (Wildman–Crippen LogP) is 2.22. The normalized spacial score (nSPS) is 17.8. The number of phenols is 1. The van der Waals surface area contributed by atoms with Crippen LogP contribution in [-0.2, 0) is 9.59 Å². The first-order valence-corrected chi connectivity index (χ1v) is 7.45. The molecular formula is C19H17NO5. The first-order chi connectivity index (χ1) is 12.0. The van der Waals surface area contributed by atoms with Gasteiger partial charge < -0.3 is 20.3 Å². The molecule has 6 nitrogen and oxygen atoms in total. The first kappa shape index (κ1) is 17.9. The van der Waals surface area contributed by atoms with E-state index in [0.29, 0.717) is 23.4 Å². The zero-order valence-corrected chi connectivity index (χ0v) is 13.6. The fraction of sp³-hybridized carbons (Fsp3) is 0.158. The van der Waals surface area contributed by atoms with Gasteiger partial charge in [-0.1, -0.05) is 24.0 Å². The Kier molecular flexibility index (Phi) is 6.02. The number of phenolic OH excluding ortho intramolecular Hbond substituents is 1. The summed E-state index contributed by atoms with van der Waals surface area (Å²) in [6.45, 7) is 0. The molecule has 0 heterocycles. The van der Waals surface area contributed by atoms with E-state index in [1.165, 1.54) is 25.3 Å². The third-order valence-corrected chi connectivity index (χ3v) is 3.37. The van der Waals surface area contributed by atoms with Gasteiger partial charge in [0, 0.05) is 24.6 Å². The van der Waals surface area contributed by atoms with Gasteiger partial charge in [0.15, 0.2) is 11.5 Å². The second kappa shape index (κ2) is 8.41. The maximum atomic E-state index is 12.1. The van der Waals surface area contributed by atoms with E-state index in [4.69, 9.17) is 9.84 Å². The van der Waals surface area contributed by atoms with Crippen LogP contribution in [0, 0.1) is 11.8 Å². The van der Waals surface area contributed by atoms with E-state index < -0.39 is 11.9 Å². The van der Waals surface area contributed by atoms with E-state index in [1.807, 2.05) is 0 Å². The number of allylic oxidation sites excluding steroid dienone is 3. The van der Waals surface area contributed by atoms with Gasteiger partial charge in [-0.25, -0.2) is 4.79 Å². The van der Waals surface area contributed by atoms with Crippen LogP contribution in [0.5, 0.6) is 11.5 Å². The Hall–Kier alpha value is -3.46. The lowest BCUT2D eigenvalue weighted by Gasteiger charge is -2.09. The molecule has 0 radical (unpaired) electrons. The van der Waals surface area contributed by atoms with E-state index in [1.54, 1.807) is 24.3 Å². The summed E-state index contributed by atoms with van der Waals surface area (Å²) in [6.07, 6.45) is 6.45. The second-order valence-corrected chi connectivity index (χ2v) is 5.16. The zero-order valence-electron chi connectivity index (χ0n) is 13.6. The average Bonchev–Trinajstić information content (AvgIpc) is 2.56. The molecule has 6 heteroatoms. The minimum absolute atomic E-state index is 0.0119. The summed E-state index contributed by atoms with van der Waals surface area (Å²) in [5.41, 5.74) is 1.28. The summed E-state index contributed by atoms with van der Waals surface area (Å²) in [4.78, 5) is 23.2. The van der Waals surface area contributed by atoms with Crippen molar-refractivity contribution < 1.29 is 24.5 Å². The van der Waals surface area contributed by atoms with Crippen LogP contribution >= 0.6 is 0 Å². The maximum Gasteiger partial charge on any atom is 0.332 e. The SMILES string of the molecule is COc1cc(/C=C/C(=O)N/C2=C/CC#C/C=C(/C(=O)O)C2)ccc1O. The molecule has 0 atom stereocenters. The van der Waals surface area contributed by atoms with Crippen molar-refractivity contribution in [3.05, 3.63) is 53.3 Å². The first-order valence-electron chi connectivity index (χ1n) is 7.45. The van der Waals surface area contributed by atoms with Gasteiger partial charge in [-0.2, -0.15) is 0 Å². The van der Waals surface area contributed by atoms with Gasteiger partial charge in [0.1, 0.15) is 0 Å². The lowest BCUT2D eigenvalue weighted by molar-refractivity contribution is -0.132. The van der Waals surface area contributed by atoms with Crippen molar-refractivity contribution in [3.63, 3.8) is 0 Å². The number of methoxy groups -OCH3 is 1. The van der Waals surface area contributed by atoms with Crippen LogP contribution in [-0.4, -0.2) is 29.2 Å². The Bertz CT molecular complexity index is 837. The number of carboxylic acid groups (broad SMARTS) is 1. The maximum absolute atomic E-state index is 12.1. The number of ether oxygens (including phenoxy) is 1. The van der Waals surface area contributed by atoms with Crippen LogP contribution in [0.3, 0.4) is 0 Å². The van der Waals surface area contributed by atoms with Gasteiger partial charge in [0.25, 0.3) is 0 Å². The summed E-state index contributed by atoms with van der Waals surface area (Å²) >= 11 is 0. The van der Waals surface area contributed by atoms with Crippen LogP contribution in [0.2, 0.25) is 0 Å². The fourth-order valence-electron chi connectivity index (χ4n) is 2.10. The van der Waals surface area contributed by atoms with Gasteiger partial charge in [-0.15, -0.1) is 0 Å². The molecule has 3 N–H and O–H groups in total. The van der Waals surface area contributed by atoms with Crippen LogP contribution < -0.4 is 10.1 Å². The molecule has 1 aromatic rings. The van der Waals surface area contributed by atoms with Crippen LogP contribution in [0.4, 0.5) is 0 Å². The molecule has 0 bridgehead atoms. The van der Waals surface area contributed by atoms with Gasteiger partial charge in [0.2, 0.25) is 5.91 Å². The van der Waals surface area contributed by atoms with Crippen molar-refractivity contribution in [1.29, 1.82) is 0 Å². The molecule has 0 aromatic heterocycles. The Labute approximate surface area is 145 Å². The number of benzene rings is 1. The standard InChI is InChI=1S/C19H17NO5/c1-25-17-11-13(7-9-16(17)21)8-10-18(22)20-15-6-4-2-3-5-14(12-15)19(23)24/h5-11,21H,4,12H2,1H3,(H,20,22)(H,23,24)/b10-8+,14-5+,15-6+. The summed E-state index contributed by atoms with van der Waals surface area (Å²) < 4.78 is 5.01. The molecule has 1 aliphatic carbocycles. The number of carbonyl (C=O) groups is 2. The highest BCUT2D eigenvalue weighted by Gasteiger charge is 2.12. The predicted molar refractivity (Wildman–Crippen MR) is 92.6 cm³/mol. The van der Waals surface area contributed by atoms with Crippen molar-refractivity contribution in [1.82, 2.24) is 5.32 Å². The topological polar surface area (TPSA) is 95.9 Å². The number of nitrogens with one attached hydrogen (secondary N) is 1. The molecule has 0 unspecified atom stereocenters. The van der Waals surface area contributed by atoms with Gasteiger partial charge >= 0.3 is 5.97 Å². The molecule has 25 heavy (non-hydrogen) atoms. The number of amides is 1. The lowest BCUT2D eigenvalue weighted by Crippen LogP contribution is -2.22. The van der Waals surface area contributed by atoms with E-state index >= 15 is 0 Å². The van der Waals surface area contributed by atoms with Crippen LogP contribution in [0.1, 0.15) is 18.4 Å². The van der Waals surface area contributed by atoms with E-state index in [2.05, 4.69) is 17.2 Å². The highest BCUT2D eigenvalue weighted by atomic mass is 16.5. The Morgan fingerprint density at radius 2 is 2.16 bits per heavy atom. The highest BCUT2D eigenvalue weighted by molar-refractivity contribution is 5.93. The molecule has 1 amide bonds. The third kappa shape index (κ3) is 5.29. The average molecular weight is 339 g/mol. The number of aromatic hydroxyl groups is 1. The second-order valence-electron chi connectivity index (χ2n) is 5.16. The molecule has 0 aliphatic heterocycles. The highest BCUT2D eigenvalue weighted by Crippen LogP contribution is 2.26. The quantitative estimate of drug-likeness (QED) is 0.565. The zero-order chi connectivity index (χ0) is 18.2. The van der Waals surface area contributed by atoms with Gasteiger partial charge in [-0.3, -0.25) is 4.79 Å². The van der Waals surface area contributed by atoms with Crippen LogP contribution in [0.25, 0.3) is 6.08 Å². The minimum atomic E-state index is -1.07. The van der Waals surface area contributed by atoms with E-state index in [0.717, 1.165) is 0 Å². The number of aliphatic carboxylic acids is 1. The molecule has 0 saturated carbocycles. The number of carboxylic acids is 1. The fourth-order valence-corrected chi connectivity index (χ4v) is 2.10. The number of rotatable bonds is 5. The molecule has 0 fully saturated rings. The number of carbonyl (C=O) groups excluding carboxylic acids is 1. The van der Waals surface area contributed by atoms with E-state index in [9.17, 15) is 14.7 Å². The van der Waals surface area contributed by atoms with E-state index in [-0.39, 0.29) is 17.7 Å². The Morgan fingerprint density at radius 3 is 2.88 bits per heavy atom. The molecule has 1 aliphatic rings. The van der Waals surface area contributed by atoms with Crippen molar-refractivity contribution >= 4 is 18.0 Å². The summed E-state index contributed by atoms with van der Waals surface area (Å²) in [6, 6.07) is 4.70. The summed E-state index contributed by atoms with van der Waals surface area (Å²) in [7, 11) is 1.44.